The molecule has 5 N–H and O–H groups in total. The molecule has 0 spiro atoms. The van der Waals surface area contributed by atoms with E-state index in [1.54, 1.807) is 6.92 Å². The molecule has 0 unspecified atom stereocenters. The minimum atomic E-state index is -1.26. The third-order valence-electron chi connectivity index (χ3n) is 3.03. The van der Waals surface area contributed by atoms with Gasteiger partial charge in [-0.2, -0.15) is 0 Å². The number of amides is 1. The van der Waals surface area contributed by atoms with Crippen LogP contribution in [0.3, 0.4) is 0 Å². The second kappa shape index (κ2) is 8.97. The lowest BCUT2D eigenvalue weighted by Gasteiger charge is -2.08. The summed E-state index contributed by atoms with van der Waals surface area (Å²) >= 11 is 0. The first-order valence-corrected chi connectivity index (χ1v) is 7.03. The van der Waals surface area contributed by atoms with Gasteiger partial charge in [-0.1, -0.05) is 0 Å². The molecular weight excluding hydrogens is 361 g/mol. The number of aromatic nitrogens is 1. The van der Waals surface area contributed by atoms with Crippen molar-refractivity contribution in [2.24, 2.45) is 0 Å². The molecule has 1 amide bonds. The lowest BCUT2D eigenvalue weighted by atomic mass is 10.2. The topological polar surface area (TPSA) is 90.5 Å². The van der Waals surface area contributed by atoms with Crippen LogP contribution in [-0.2, 0) is 11.3 Å². The van der Waals surface area contributed by atoms with Crippen LogP contribution in [0.1, 0.15) is 12.5 Å². The van der Waals surface area contributed by atoms with Crippen molar-refractivity contribution < 1.29 is 40.1 Å². The summed E-state index contributed by atoms with van der Waals surface area (Å²) in [4.78, 5) is 14.1. The molecule has 0 aliphatic rings. The van der Waals surface area contributed by atoms with E-state index in [4.69, 9.17) is 10.5 Å². The van der Waals surface area contributed by atoms with E-state index in [0.29, 0.717) is 17.6 Å². The normalized spacial score (nSPS) is 9.92. The van der Waals surface area contributed by atoms with E-state index in [1.165, 1.54) is 12.1 Å². The number of carbonyl (C=O) groups is 1. The highest BCUT2D eigenvalue weighted by Crippen LogP contribution is 2.17. The highest BCUT2D eigenvalue weighted by atomic mass is 35.5. The molecule has 6 nitrogen and oxygen atoms in total. The van der Waals surface area contributed by atoms with Crippen LogP contribution in [0, 0.1) is 17.5 Å². The van der Waals surface area contributed by atoms with Gasteiger partial charge in [0, 0.05) is 17.7 Å². The second-order valence-corrected chi connectivity index (χ2v) is 4.76. The van der Waals surface area contributed by atoms with Gasteiger partial charge in [0.15, 0.2) is 11.6 Å². The summed E-state index contributed by atoms with van der Waals surface area (Å²) in [5.41, 5.74) is 5.87. The van der Waals surface area contributed by atoms with Crippen molar-refractivity contribution in [1.29, 1.82) is 0 Å². The van der Waals surface area contributed by atoms with Crippen LogP contribution >= 0.6 is 0 Å². The van der Waals surface area contributed by atoms with Crippen LogP contribution in [-0.4, -0.2) is 12.7 Å². The molecule has 136 valence electrons. The van der Waals surface area contributed by atoms with Gasteiger partial charge in [-0.15, -0.1) is 0 Å². The summed E-state index contributed by atoms with van der Waals surface area (Å²) in [6, 6.07) is 4.38. The van der Waals surface area contributed by atoms with Crippen LogP contribution < -0.4 is 33.8 Å². The molecule has 10 heteroatoms. The summed E-state index contributed by atoms with van der Waals surface area (Å²) in [6.07, 6.45) is -0.657. The number of benzene rings is 1. The molecule has 1 aromatic heterocycles. The molecule has 0 bridgehead atoms. The molecular formula is C15H16ClF3N4O2. The number of rotatable bonds is 5. The summed E-state index contributed by atoms with van der Waals surface area (Å²) in [7, 11) is 0. The van der Waals surface area contributed by atoms with Crippen molar-refractivity contribution in [3.05, 3.63) is 47.3 Å². The van der Waals surface area contributed by atoms with Gasteiger partial charge in [-0.05, 0) is 19.1 Å². The minimum absolute atomic E-state index is 0. The van der Waals surface area contributed by atoms with Crippen molar-refractivity contribution in [2.75, 3.05) is 23.0 Å². The number of hydrogen-bond donors (Lipinski definition) is 3. The van der Waals surface area contributed by atoms with Crippen LogP contribution in [0.5, 0.6) is 0 Å². The van der Waals surface area contributed by atoms with Crippen molar-refractivity contribution in [3.8, 4) is 0 Å². The van der Waals surface area contributed by atoms with Crippen molar-refractivity contribution in [1.82, 2.24) is 0 Å². The Morgan fingerprint density at radius 1 is 1.28 bits per heavy atom. The van der Waals surface area contributed by atoms with Crippen LogP contribution in [0.4, 0.5) is 35.3 Å². The van der Waals surface area contributed by atoms with E-state index in [2.05, 4.69) is 15.6 Å². The predicted molar refractivity (Wildman–Crippen MR) is 81.7 cm³/mol. The van der Waals surface area contributed by atoms with Gasteiger partial charge in [0.25, 0.3) is 0 Å². The first-order valence-electron chi connectivity index (χ1n) is 7.03. The number of aromatic amines is 1. The first kappa shape index (κ1) is 20.4. The fourth-order valence-corrected chi connectivity index (χ4v) is 1.93. The highest BCUT2D eigenvalue weighted by Gasteiger charge is 2.14. The number of halogens is 4. The average Bonchev–Trinajstić information content (AvgIpc) is 2.52. The number of carbonyl (C=O) groups excluding carboxylic acids is 1. The van der Waals surface area contributed by atoms with Crippen molar-refractivity contribution >= 4 is 23.4 Å². The van der Waals surface area contributed by atoms with E-state index >= 15 is 0 Å². The van der Waals surface area contributed by atoms with E-state index in [-0.39, 0.29) is 36.9 Å². The predicted octanol–water partition coefficient (Wildman–Crippen LogP) is -0.315. The standard InChI is InChI=1S/C15H15F3N4O2.ClH/c1-2-24-15(23)21-11-3-4-12(22-14(11)19)20-7-8-5-9(16)6-10(17)13(8)18;/h3-6H,2,7H2,1H3,(H,21,23)(H3,19,20,22);1H. The van der Waals surface area contributed by atoms with Crippen molar-refractivity contribution in [2.45, 2.75) is 13.5 Å². The summed E-state index contributed by atoms with van der Waals surface area (Å²) < 4.78 is 44.6. The summed E-state index contributed by atoms with van der Waals surface area (Å²) in [5.74, 6) is -2.77. The first-order chi connectivity index (χ1) is 11.4. The lowest BCUT2D eigenvalue weighted by molar-refractivity contribution is -0.342. The number of H-pyrrole nitrogens is 1. The van der Waals surface area contributed by atoms with Crippen LogP contribution in [0.2, 0.25) is 0 Å². The highest BCUT2D eigenvalue weighted by molar-refractivity contribution is 5.87. The Kier molecular flexibility index (Phi) is 7.31. The fraction of sp³-hybridized carbons (Fsp3) is 0.200. The quantitative estimate of drug-likeness (QED) is 0.624. The van der Waals surface area contributed by atoms with E-state index in [1.807, 2.05) is 0 Å². The Bertz CT molecular complexity index is 762. The van der Waals surface area contributed by atoms with Gasteiger partial charge in [0.1, 0.15) is 11.5 Å². The Labute approximate surface area is 148 Å². The van der Waals surface area contributed by atoms with Crippen LogP contribution in [0.15, 0.2) is 24.3 Å². The third-order valence-corrected chi connectivity index (χ3v) is 3.03. The Hall–Kier alpha value is -2.68. The zero-order chi connectivity index (χ0) is 17.7. The molecule has 0 saturated carbocycles. The third kappa shape index (κ3) is 5.42. The monoisotopic (exact) mass is 376 g/mol. The average molecular weight is 377 g/mol. The SMILES string of the molecule is CCOC(=O)Nc1ccc(NCc2cc(F)cc(F)c2F)[nH+]c1N.[Cl-]. The molecule has 1 heterocycles. The van der Waals surface area contributed by atoms with Gasteiger partial charge >= 0.3 is 6.09 Å². The smallest absolute Gasteiger partial charge is 0.411 e. The second-order valence-electron chi connectivity index (χ2n) is 4.76. The molecule has 25 heavy (non-hydrogen) atoms. The molecule has 0 fully saturated rings. The van der Waals surface area contributed by atoms with Gasteiger partial charge in [-0.3, -0.25) is 5.32 Å². The Morgan fingerprint density at radius 2 is 2.00 bits per heavy atom. The number of hydrogen-bond acceptors (Lipinski definition) is 4. The summed E-state index contributed by atoms with van der Waals surface area (Å²) in [5, 5.41) is 5.18. The molecule has 0 radical (unpaired) electrons. The molecule has 2 aromatic rings. The number of nitrogen functional groups attached to an aromatic ring is 1. The number of anilines is 3. The number of pyridine rings is 1. The van der Waals surface area contributed by atoms with Gasteiger partial charge in [-0.25, -0.2) is 22.9 Å². The zero-order valence-electron chi connectivity index (χ0n) is 13.1. The molecule has 0 aliphatic carbocycles. The number of nitrogens with one attached hydrogen (secondary N) is 3. The zero-order valence-corrected chi connectivity index (χ0v) is 13.9. The maximum atomic E-state index is 13.6. The summed E-state index contributed by atoms with van der Waals surface area (Å²) in [6.45, 7) is 1.71. The fourth-order valence-electron chi connectivity index (χ4n) is 1.93. The lowest BCUT2D eigenvalue weighted by Crippen LogP contribution is -3.00. The maximum absolute atomic E-state index is 13.6. The number of ether oxygens (including phenoxy) is 1. The molecule has 0 atom stereocenters. The molecule has 1 aromatic carbocycles. The minimum Gasteiger partial charge on any atom is -1.00 e. The largest absolute Gasteiger partial charge is 1.00 e. The van der Waals surface area contributed by atoms with Crippen LogP contribution in [0.25, 0.3) is 0 Å². The van der Waals surface area contributed by atoms with Crippen molar-refractivity contribution in [3.63, 3.8) is 0 Å². The molecule has 2 rings (SSSR count). The Balaban J connectivity index is 0.00000312. The van der Waals surface area contributed by atoms with Gasteiger partial charge < -0.3 is 28.2 Å². The number of nitrogens with two attached hydrogens (primary N) is 1. The molecule has 0 saturated heterocycles. The van der Waals surface area contributed by atoms with Gasteiger partial charge in [0.2, 0.25) is 11.6 Å². The molecule has 0 aliphatic heterocycles. The maximum Gasteiger partial charge on any atom is 0.411 e. The van der Waals surface area contributed by atoms with E-state index in [9.17, 15) is 18.0 Å². The van der Waals surface area contributed by atoms with E-state index in [0.717, 1.165) is 6.07 Å². The van der Waals surface area contributed by atoms with Gasteiger partial charge in [0.05, 0.1) is 13.2 Å². The Morgan fingerprint density at radius 3 is 2.64 bits per heavy atom. The van der Waals surface area contributed by atoms with E-state index < -0.39 is 23.5 Å².